The molecular weight excluding hydrogens is 354 g/mol. The van der Waals surface area contributed by atoms with Crippen LogP contribution in [0.2, 0.25) is 0 Å². The van der Waals surface area contributed by atoms with Crippen molar-refractivity contribution in [3.63, 3.8) is 0 Å². The summed E-state index contributed by atoms with van der Waals surface area (Å²) in [6.45, 7) is 1.26. The highest BCUT2D eigenvalue weighted by Crippen LogP contribution is 2.29. The van der Waals surface area contributed by atoms with Gasteiger partial charge in [-0.2, -0.15) is 4.31 Å². The first-order valence-corrected chi connectivity index (χ1v) is 11.3. The van der Waals surface area contributed by atoms with E-state index in [1.807, 2.05) is 17.5 Å². The molecule has 0 amide bonds. The van der Waals surface area contributed by atoms with Crippen molar-refractivity contribution in [2.75, 3.05) is 18.4 Å². The van der Waals surface area contributed by atoms with Crippen molar-refractivity contribution < 1.29 is 8.42 Å². The van der Waals surface area contributed by atoms with Crippen molar-refractivity contribution in [2.24, 2.45) is 0 Å². The van der Waals surface area contributed by atoms with Crippen molar-refractivity contribution in [1.29, 1.82) is 0 Å². The Morgan fingerprint density at radius 3 is 2.40 bits per heavy atom. The smallest absolute Gasteiger partial charge is 0.243 e. The molecule has 2 heterocycles. The van der Waals surface area contributed by atoms with Crippen molar-refractivity contribution in [1.82, 2.24) is 9.29 Å². The molecule has 2 fully saturated rings. The molecule has 1 N–H and O–H groups in total. The van der Waals surface area contributed by atoms with Crippen molar-refractivity contribution >= 4 is 26.5 Å². The van der Waals surface area contributed by atoms with Gasteiger partial charge < -0.3 is 5.32 Å². The van der Waals surface area contributed by atoms with Gasteiger partial charge in [-0.05, 0) is 37.8 Å². The summed E-state index contributed by atoms with van der Waals surface area (Å²) in [6, 6.07) is 7.67. The molecule has 0 spiro atoms. The maximum Gasteiger partial charge on any atom is 0.243 e. The van der Waals surface area contributed by atoms with Crippen LogP contribution in [-0.4, -0.2) is 36.8 Å². The second kappa shape index (κ2) is 7.05. The zero-order valence-electron chi connectivity index (χ0n) is 14.1. The molecule has 0 atom stereocenters. The van der Waals surface area contributed by atoms with Crippen LogP contribution in [0.15, 0.2) is 34.5 Å². The van der Waals surface area contributed by atoms with E-state index in [2.05, 4.69) is 10.3 Å². The standard InChI is InChI=1S/C18H23N3O2S2/c22-25(23,21-11-3-4-12-21)16-9-7-14(8-10-16)17-13-24-18(20-17)19-15-5-1-2-6-15/h7-10,13,15H,1-6,11-12H2,(H,19,20). The monoisotopic (exact) mass is 377 g/mol. The molecule has 5 nitrogen and oxygen atoms in total. The fourth-order valence-electron chi connectivity index (χ4n) is 3.59. The van der Waals surface area contributed by atoms with Gasteiger partial charge in [0.15, 0.2) is 5.13 Å². The van der Waals surface area contributed by atoms with Crippen LogP contribution >= 0.6 is 11.3 Å². The summed E-state index contributed by atoms with van der Waals surface area (Å²) in [4.78, 5) is 5.03. The van der Waals surface area contributed by atoms with E-state index < -0.39 is 10.0 Å². The molecule has 2 aromatic rings. The number of nitrogens with zero attached hydrogens (tertiary/aromatic N) is 2. The van der Waals surface area contributed by atoms with E-state index in [1.54, 1.807) is 27.8 Å². The van der Waals surface area contributed by atoms with Gasteiger partial charge in [0, 0.05) is 30.1 Å². The minimum absolute atomic E-state index is 0.373. The number of anilines is 1. The quantitative estimate of drug-likeness (QED) is 0.857. The highest BCUT2D eigenvalue weighted by Gasteiger charge is 2.27. The van der Waals surface area contributed by atoms with Crippen LogP contribution in [0.1, 0.15) is 38.5 Å². The average molecular weight is 378 g/mol. The number of rotatable bonds is 5. The Bertz CT molecular complexity index is 818. The number of sulfonamides is 1. The summed E-state index contributed by atoms with van der Waals surface area (Å²) < 4.78 is 26.7. The molecule has 0 bridgehead atoms. The summed E-state index contributed by atoms with van der Waals surface area (Å²) in [7, 11) is -3.34. The minimum Gasteiger partial charge on any atom is -0.359 e. The van der Waals surface area contributed by atoms with Crippen LogP contribution in [0, 0.1) is 0 Å². The van der Waals surface area contributed by atoms with Gasteiger partial charge in [0.05, 0.1) is 10.6 Å². The highest BCUT2D eigenvalue weighted by molar-refractivity contribution is 7.89. The van der Waals surface area contributed by atoms with Crippen molar-refractivity contribution in [2.45, 2.75) is 49.5 Å². The molecule has 1 saturated heterocycles. The Hall–Kier alpha value is -1.44. The summed E-state index contributed by atoms with van der Waals surface area (Å²) >= 11 is 1.61. The molecule has 0 radical (unpaired) electrons. The first-order valence-electron chi connectivity index (χ1n) is 8.95. The lowest BCUT2D eigenvalue weighted by atomic mass is 10.2. The lowest BCUT2D eigenvalue weighted by molar-refractivity contribution is 0.477. The lowest BCUT2D eigenvalue weighted by Gasteiger charge is -2.15. The van der Waals surface area contributed by atoms with Crippen molar-refractivity contribution in [3.8, 4) is 11.3 Å². The van der Waals surface area contributed by atoms with Gasteiger partial charge in [0.25, 0.3) is 0 Å². The van der Waals surface area contributed by atoms with Gasteiger partial charge in [-0.15, -0.1) is 11.3 Å². The lowest BCUT2D eigenvalue weighted by Crippen LogP contribution is -2.27. The van der Waals surface area contributed by atoms with Crippen LogP contribution in [-0.2, 0) is 10.0 Å². The Kier molecular flexibility index (Phi) is 4.80. The molecule has 1 aromatic heterocycles. The predicted molar refractivity (Wildman–Crippen MR) is 101 cm³/mol. The van der Waals surface area contributed by atoms with Crippen LogP contribution in [0.3, 0.4) is 0 Å². The average Bonchev–Trinajstić information content (AvgIpc) is 3.38. The summed E-state index contributed by atoms with van der Waals surface area (Å²) in [6.07, 6.45) is 6.93. The Balaban J connectivity index is 1.49. The van der Waals surface area contributed by atoms with Crippen LogP contribution in [0.4, 0.5) is 5.13 Å². The maximum absolute atomic E-state index is 12.6. The summed E-state index contributed by atoms with van der Waals surface area (Å²) in [5.41, 5.74) is 1.85. The van der Waals surface area contributed by atoms with Gasteiger partial charge in [-0.25, -0.2) is 13.4 Å². The molecule has 0 unspecified atom stereocenters. The number of benzene rings is 1. The SMILES string of the molecule is O=S(=O)(c1ccc(-c2csc(NC3CCCC3)n2)cc1)N1CCCC1. The zero-order valence-corrected chi connectivity index (χ0v) is 15.8. The number of nitrogens with one attached hydrogen (secondary N) is 1. The van der Waals surface area contributed by atoms with E-state index in [9.17, 15) is 8.42 Å². The molecule has 4 rings (SSSR count). The van der Waals surface area contributed by atoms with Gasteiger partial charge in [-0.1, -0.05) is 25.0 Å². The first-order chi connectivity index (χ1) is 12.1. The molecule has 2 aliphatic rings. The van der Waals surface area contributed by atoms with E-state index in [-0.39, 0.29) is 0 Å². The third kappa shape index (κ3) is 3.59. The molecular formula is C18H23N3O2S2. The van der Waals surface area contributed by atoms with E-state index in [1.165, 1.54) is 25.7 Å². The number of hydrogen-bond donors (Lipinski definition) is 1. The second-order valence-electron chi connectivity index (χ2n) is 6.80. The zero-order chi connectivity index (χ0) is 17.3. The van der Waals surface area contributed by atoms with Gasteiger partial charge in [-0.3, -0.25) is 0 Å². The maximum atomic E-state index is 12.6. The van der Waals surface area contributed by atoms with Crippen LogP contribution in [0.5, 0.6) is 0 Å². The molecule has 1 saturated carbocycles. The number of aromatic nitrogens is 1. The highest BCUT2D eigenvalue weighted by atomic mass is 32.2. The fourth-order valence-corrected chi connectivity index (χ4v) is 5.91. The molecule has 134 valence electrons. The fraction of sp³-hybridized carbons (Fsp3) is 0.500. The number of hydrogen-bond acceptors (Lipinski definition) is 5. The van der Waals surface area contributed by atoms with Crippen LogP contribution < -0.4 is 5.32 Å². The first kappa shape index (κ1) is 17.0. The molecule has 1 aliphatic carbocycles. The third-order valence-electron chi connectivity index (χ3n) is 5.04. The second-order valence-corrected chi connectivity index (χ2v) is 9.60. The third-order valence-corrected chi connectivity index (χ3v) is 7.73. The molecule has 1 aliphatic heterocycles. The van der Waals surface area contributed by atoms with E-state index in [0.29, 0.717) is 24.0 Å². The molecule has 25 heavy (non-hydrogen) atoms. The van der Waals surface area contributed by atoms with E-state index >= 15 is 0 Å². The Labute approximate surface area is 153 Å². The summed E-state index contributed by atoms with van der Waals surface area (Å²) in [5.74, 6) is 0. The Morgan fingerprint density at radius 1 is 1.04 bits per heavy atom. The van der Waals surface area contributed by atoms with E-state index in [4.69, 9.17) is 0 Å². The van der Waals surface area contributed by atoms with Crippen LogP contribution in [0.25, 0.3) is 11.3 Å². The Morgan fingerprint density at radius 2 is 1.72 bits per heavy atom. The molecule has 7 heteroatoms. The number of thiazole rings is 1. The normalized spacial score (nSPS) is 19.5. The topological polar surface area (TPSA) is 62.3 Å². The minimum atomic E-state index is -3.34. The van der Waals surface area contributed by atoms with Crippen molar-refractivity contribution in [3.05, 3.63) is 29.6 Å². The summed E-state index contributed by atoms with van der Waals surface area (Å²) in [5, 5.41) is 6.49. The van der Waals surface area contributed by atoms with E-state index in [0.717, 1.165) is 29.2 Å². The van der Waals surface area contributed by atoms with Gasteiger partial charge >= 0.3 is 0 Å². The predicted octanol–water partition coefficient (Wildman–Crippen LogP) is 3.95. The van der Waals surface area contributed by atoms with Gasteiger partial charge in [0.2, 0.25) is 10.0 Å². The molecule has 1 aromatic carbocycles. The van der Waals surface area contributed by atoms with Gasteiger partial charge in [0.1, 0.15) is 0 Å². The largest absolute Gasteiger partial charge is 0.359 e.